The van der Waals surface area contributed by atoms with Gasteiger partial charge in [-0.15, -0.1) is 12.4 Å². The summed E-state index contributed by atoms with van der Waals surface area (Å²) in [6, 6.07) is 17.4. The third kappa shape index (κ3) is 4.82. The molecule has 1 fully saturated rings. The summed E-state index contributed by atoms with van der Waals surface area (Å²) in [5.74, 6) is 1.13. The van der Waals surface area contributed by atoms with Crippen LogP contribution in [0.1, 0.15) is 38.3 Å². The lowest BCUT2D eigenvalue weighted by Gasteiger charge is -2.33. The standard InChI is InChI=1S/C22H28N2O2.ClH/c1-15(21(23)18-7-5-4-6-8-18)22(25)24(16(2)17-9-10-17)19-11-13-20(26-3)14-12-19;/h4-8,11-17,21H,9-10,23H2,1-3H3;1H. The summed E-state index contributed by atoms with van der Waals surface area (Å²) in [5.41, 5.74) is 8.32. The summed E-state index contributed by atoms with van der Waals surface area (Å²) in [5, 5.41) is 0. The number of nitrogens with zero attached hydrogens (tertiary/aromatic N) is 1. The fourth-order valence-corrected chi connectivity index (χ4v) is 3.43. The Bertz CT molecular complexity index is 732. The smallest absolute Gasteiger partial charge is 0.231 e. The molecule has 0 heterocycles. The molecule has 2 N–H and O–H groups in total. The predicted octanol–water partition coefficient (Wildman–Crippen LogP) is 4.58. The molecule has 1 saturated carbocycles. The molecule has 0 radical (unpaired) electrons. The first-order valence-corrected chi connectivity index (χ1v) is 9.30. The second-order valence-electron chi connectivity index (χ2n) is 7.21. The Morgan fingerprint density at radius 2 is 1.67 bits per heavy atom. The van der Waals surface area contributed by atoms with E-state index in [4.69, 9.17) is 10.5 Å². The van der Waals surface area contributed by atoms with Gasteiger partial charge in [-0.1, -0.05) is 37.3 Å². The normalized spacial score (nSPS) is 16.6. The van der Waals surface area contributed by atoms with Crippen LogP contribution >= 0.6 is 12.4 Å². The van der Waals surface area contributed by atoms with Crippen molar-refractivity contribution in [2.75, 3.05) is 12.0 Å². The number of carbonyl (C=O) groups excluding carboxylic acids is 1. The lowest BCUT2D eigenvalue weighted by molar-refractivity contribution is -0.123. The molecule has 4 nitrogen and oxygen atoms in total. The van der Waals surface area contributed by atoms with Gasteiger partial charge in [0.05, 0.1) is 13.0 Å². The molecule has 3 atom stereocenters. The number of rotatable bonds is 7. The van der Waals surface area contributed by atoms with Crippen molar-refractivity contribution in [3.05, 3.63) is 60.2 Å². The first-order valence-electron chi connectivity index (χ1n) is 9.30. The van der Waals surface area contributed by atoms with Crippen LogP contribution in [0.4, 0.5) is 5.69 Å². The van der Waals surface area contributed by atoms with Gasteiger partial charge in [-0.25, -0.2) is 0 Å². The topological polar surface area (TPSA) is 55.6 Å². The number of hydrogen-bond donors (Lipinski definition) is 1. The van der Waals surface area contributed by atoms with Gasteiger partial charge in [-0.05, 0) is 55.5 Å². The van der Waals surface area contributed by atoms with Crippen molar-refractivity contribution < 1.29 is 9.53 Å². The number of anilines is 1. The van der Waals surface area contributed by atoms with E-state index in [0.29, 0.717) is 5.92 Å². The van der Waals surface area contributed by atoms with Gasteiger partial charge in [0.25, 0.3) is 0 Å². The lowest BCUT2D eigenvalue weighted by atomic mass is 9.93. The molecular formula is C22H29ClN2O2. The van der Waals surface area contributed by atoms with E-state index in [1.807, 2.05) is 66.4 Å². The van der Waals surface area contributed by atoms with Crippen LogP contribution in [0.3, 0.4) is 0 Å². The number of hydrogen-bond acceptors (Lipinski definition) is 3. The van der Waals surface area contributed by atoms with Gasteiger partial charge in [-0.3, -0.25) is 4.79 Å². The highest BCUT2D eigenvalue weighted by atomic mass is 35.5. The van der Waals surface area contributed by atoms with Gasteiger partial charge in [0.2, 0.25) is 5.91 Å². The predicted molar refractivity (Wildman–Crippen MR) is 112 cm³/mol. The maximum absolute atomic E-state index is 13.4. The number of carbonyl (C=O) groups is 1. The van der Waals surface area contributed by atoms with E-state index < -0.39 is 0 Å². The Morgan fingerprint density at radius 3 is 2.19 bits per heavy atom. The van der Waals surface area contributed by atoms with Crippen LogP contribution in [-0.4, -0.2) is 19.1 Å². The molecular weight excluding hydrogens is 360 g/mol. The molecule has 1 aliphatic carbocycles. The Morgan fingerprint density at radius 1 is 1.07 bits per heavy atom. The fourth-order valence-electron chi connectivity index (χ4n) is 3.43. The molecule has 5 heteroatoms. The Balaban J connectivity index is 0.00000261. The van der Waals surface area contributed by atoms with Gasteiger partial charge in [0.1, 0.15) is 5.75 Å². The average Bonchev–Trinajstić information content (AvgIpc) is 3.53. The third-order valence-electron chi connectivity index (χ3n) is 5.41. The van der Waals surface area contributed by atoms with Crippen molar-refractivity contribution in [3.63, 3.8) is 0 Å². The SMILES string of the molecule is COc1ccc(N(C(=O)C(C)C(N)c2ccccc2)C(C)C2CC2)cc1.Cl. The summed E-state index contributed by atoms with van der Waals surface area (Å²) in [7, 11) is 1.64. The van der Waals surface area contributed by atoms with Crippen LogP contribution in [0.15, 0.2) is 54.6 Å². The van der Waals surface area contributed by atoms with Gasteiger partial charge in [0, 0.05) is 17.8 Å². The van der Waals surface area contributed by atoms with Crippen molar-refractivity contribution in [2.45, 2.75) is 38.8 Å². The first-order chi connectivity index (χ1) is 12.5. The van der Waals surface area contributed by atoms with Crippen LogP contribution in [0.2, 0.25) is 0 Å². The highest BCUT2D eigenvalue weighted by molar-refractivity contribution is 5.96. The highest BCUT2D eigenvalue weighted by Crippen LogP contribution is 2.38. The lowest BCUT2D eigenvalue weighted by Crippen LogP contribution is -2.45. The van der Waals surface area contributed by atoms with Gasteiger partial charge in [-0.2, -0.15) is 0 Å². The quantitative estimate of drug-likeness (QED) is 0.754. The molecule has 0 spiro atoms. The van der Waals surface area contributed by atoms with Crippen molar-refractivity contribution in [3.8, 4) is 5.75 Å². The average molecular weight is 389 g/mol. The minimum Gasteiger partial charge on any atom is -0.497 e. The van der Waals surface area contributed by atoms with Gasteiger partial charge < -0.3 is 15.4 Å². The van der Waals surface area contributed by atoms with E-state index in [1.54, 1.807) is 7.11 Å². The van der Waals surface area contributed by atoms with Gasteiger partial charge in [0.15, 0.2) is 0 Å². The number of ether oxygens (including phenoxy) is 1. The summed E-state index contributed by atoms with van der Waals surface area (Å²) in [6.07, 6.45) is 2.36. The van der Waals surface area contributed by atoms with Crippen LogP contribution in [0.25, 0.3) is 0 Å². The van der Waals surface area contributed by atoms with E-state index in [-0.39, 0.29) is 36.3 Å². The summed E-state index contributed by atoms with van der Waals surface area (Å²) >= 11 is 0. The minimum atomic E-state index is -0.323. The molecule has 27 heavy (non-hydrogen) atoms. The number of methoxy groups -OCH3 is 1. The second kappa shape index (κ2) is 9.25. The van der Waals surface area contributed by atoms with E-state index in [2.05, 4.69) is 6.92 Å². The monoisotopic (exact) mass is 388 g/mol. The van der Waals surface area contributed by atoms with E-state index >= 15 is 0 Å². The van der Waals surface area contributed by atoms with E-state index in [0.717, 1.165) is 17.0 Å². The molecule has 3 unspecified atom stereocenters. The zero-order chi connectivity index (χ0) is 18.7. The maximum Gasteiger partial charge on any atom is 0.231 e. The van der Waals surface area contributed by atoms with Crippen molar-refractivity contribution >= 4 is 24.0 Å². The van der Waals surface area contributed by atoms with Gasteiger partial charge >= 0.3 is 0 Å². The molecule has 0 aliphatic heterocycles. The zero-order valence-corrected chi connectivity index (χ0v) is 17.0. The molecule has 146 valence electrons. The molecule has 2 aromatic carbocycles. The second-order valence-corrected chi connectivity index (χ2v) is 7.21. The number of nitrogens with two attached hydrogens (primary N) is 1. The first kappa shape index (κ1) is 21.3. The molecule has 0 saturated heterocycles. The molecule has 3 rings (SSSR count). The number of amides is 1. The highest BCUT2D eigenvalue weighted by Gasteiger charge is 2.37. The minimum absolute atomic E-state index is 0. The third-order valence-corrected chi connectivity index (χ3v) is 5.41. The molecule has 2 aromatic rings. The van der Waals surface area contributed by atoms with Crippen LogP contribution < -0.4 is 15.4 Å². The Labute approximate surface area is 168 Å². The van der Waals surface area contributed by atoms with E-state index in [1.165, 1.54) is 12.8 Å². The maximum atomic E-state index is 13.4. The molecule has 1 amide bonds. The largest absolute Gasteiger partial charge is 0.497 e. The van der Waals surface area contributed by atoms with Crippen molar-refractivity contribution in [1.29, 1.82) is 0 Å². The Hall–Kier alpha value is -2.04. The molecule has 0 bridgehead atoms. The number of halogens is 1. The van der Waals surface area contributed by atoms with Crippen LogP contribution in [0.5, 0.6) is 5.75 Å². The summed E-state index contributed by atoms with van der Waals surface area (Å²) in [4.78, 5) is 15.3. The Kier molecular flexibility index (Phi) is 7.28. The summed E-state index contributed by atoms with van der Waals surface area (Å²) < 4.78 is 5.25. The molecule has 0 aromatic heterocycles. The summed E-state index contributed by atoms with van der Waals surface area (Å²) in [6.45, 7) is 4.07. The van der Waals surface area contributed by atoms with Crippen molar-refractivity contribution in [2.24, 2.45) is 17.6 Å². The molecule has 1 aliphatic rings. The fraction of sp³-hybridized carbons (Fsp3) is 0.409. The van der Waals surface area contributed by atoms with E-state index in [9.17, 15) is 4.79 Å². The van der Waals surface area contributed by atoms with Crippen LogP contribution in [-0.2, 0) is 4.79 Å². The van der Waals surface area contributed by atoms with Crippen LogP contribution in [0, 0.1) is 11.8 Å². The van der Waals surface area contributed by atoms with Crippen molar-refractivity contribution in [1.82, 2.24) is 0 Å². The number of benzene rings is 2. The zero-order valence-electron chi connectivity index (χ0n) is 16.2.